The first-order valence-corrected chi connectivity index (χ1v) is 7.30. The molecule has 0 atom stereocenters. The Balaban J connectivity index is 2.35. The fourth-order valence-corrected chi connectivity index (χ4v) is 2.44. The smallest absolute Gasteiger partial charge is 0.259 e. The molecule has 0 spiro atoms. The lowest BCUT2D eigenvalue weighted by Gasteiger charge is -2.11. The molecule has 0 aromatic heterocycles. The molecule has 1 N–H and O–H groups in total. The largest absolute Gasteiger partial charge is 0.496 e. The first-order chi connectivity index (χ1) is 9.92. The third kappa shape index (κ3) is 3.59. The van der Waals surface area contributed by atoms with Crippen LogP contribution in [-0.4, -0.2) is 13.0 Å². The molecule has 1 amide bonds. The normalized spacial score (nSPS) is 10.3. The highest BCUT2D eigenvalue weighted by molar-refractivity contribution is 9.10. The van der Waals surface area contributed by atoms with Crippen LogP contribution in [0.3, 0.4) is 0 Å². The number of benzene rings is 2. The molecule has 0 bridgehead atoms. The van der Waals surface area contributed by atoms with E-state index >= 15 is 0 Å². The van der Waals surface area contributed by atoms with Crippen LogP contribution in [0.2, 0.25) is 0 Å². The first-order valence-electron chi connectivity index (χ1n) is 5.72. The quantitative estimate of drug-likeness (QED) is 0.777. The van der Waals surface area contributed by atoms with Gasteiger partial charge in [-0.25, -0.2) is 8.78 Å². The number of rotatable bonds is 3. The van der Waals surface area contributed by atoms with Crippen LogP contribution >= 0.6 is 31.9 Å². The monoisotopic (exact) mass is 419 g/mol. The number of amides is 1. The third-order valence-corrected chi connectivity index (χ3v) is 3.60. The first kappa shape index (κ1) is 15.9. The number of halogens is 4. The molecule has 2 aromatic rings. The van der Waals surface area contributed by atoms with Gasteiger partial charge in [0, 0.05) is 8.95 Å². The molecule has 3 nitrogen and oxygen atoms in total. The van der Waals surface area contributed by atoms with E-state index in [1.165, 1.54) is 13.2 Å². The Morgan fingerprint density at radius 2 is 1.71 bits per heavy atom. The molecule has 7 heteroatoms. The third-order valence-electron chi connectivity index (χ3n) is 2.65. The second-order valence-electron chi connectivity index (χ2n) is 4.04. The molecule has 0 aliphatic carbocycles. The van der Waals surface area contributed by atoms with E-state index in [1.807, 2.05) is 0 Å². The van der Waals surface area contributed by atoms with Crippen LogP contribution in [-0.2, 0) is 0 Å². The topological polar surface area (TPSA) is 38.3 Å². The van der Waals surface area contributed by atoms with Gasteiger partial charge in [-0.1, -0.05) is 31.9 Å². The standard InChI is InChI=1S/C14H9Br2F2NO2/c1-21-12-6-7(15)2-3-9(12)14(20)19-13-10(17)4-8(16)5-11(13)18/h2-6H,1H3,(H,19,20). The minimum absolute atomic E-state index is 0.169. The van der Waals surface area contributed by atoms with Gasteiger partial charge in [0.05, 0.1) is 12.7 Å². The summed E-state index contributed by atoms with van der Waals surface area (Å²) in [5, 5.41) is 2.21. The number of anilines is 1. The van der Waals surface area contributed by atoms with Crippen molar-refractivity contribution in [2.24, 2.45) is 0 Å². The lowest BCUT2D eigenvalue weighted by atomic mass is 10.2. The van der Waals surface area contributed by atoms with E-state index in [4.69, 9.17) is 4.74 Å². The van der Waals surface area contributed by atoms with Crippen LogP contribution in [0, 0.1) is 11.6 Å². The van der Waals surface area contributed by atoms with Crippen molar-refractivity contribution in [3.63, 3.8) is 0 Å². The molecule has 0 saturated heterocycles. The molecule has 0 aliphatic rings. The highest BCUT2D eigenvalue weighted by Crippen LogP contribution is 2.27. The molecular formula is C14H9Br2F2NO2. The Bertz CT molecular complexity index is 684. The van der Waals surface area contributed by atoms with Crippen molar-refractivity contribution < 1.29 is 18.3 Å². The zero-order valence-electron chi connectivity index (χ0n) is 10.7. The Labute approximate surface area is 136 Å². The average molecular weight is 421 g/mol. The number of hydrogen-bond acceptors (Lipinski definition) is 2. The van der Waals surface area contributed by atoms with Crippen LogP contribution in [0.25, 0.3) is 0 Å². The van der Waals surface area contributed by atoms with Crippen LogP contribution in [0.4, 0.5) is 14.5 Å². The van der Waals surface area contributed by atoms with E-state index in [-0.39, 0.29) is 10.0 Å². The fraction of sp³-hybridized carbons (Fsp3) is 0.0714. The molecule has 0 fully saturated rings. The summed E-state index contributed by atoms with van der Waals surface area (Å²) in [6.45, 7) is 0. The van der Waals surface area contributed by atoms with Gasteiger partial charge in [0.2, 0.25) is 0 Å². The lowest BCUT2D eigenvalue weighted by Crippen LogP contribution is -2.15. The van der Waals surface area contributed by atoms with E-state index in [0.29, 0.717) is 5.75 Å². The number of carbonyl (C=O) groups excluding carboxylic acids is 1. The van der Waals surface area contributed by atoms with Gasteiger partial charge < -0.3 is 10.1 Å². The fourth-order valence-electron chi connectivity index (χ4n) is 1.70. The number of carbonyl (C=O) groups is 1. The maximum atomic E-state index is 13.7. The van der Waals surface area contributed by atoms with E-state index in [2.05, 4.69) is 37.2 Å². The van der Waals surface area contributed by atoms with Gasteiger partial charge in [0.1, 0.15) is 11.4 Å². The van der Waals surface area contributed by atoms with E-state index in [0.717, 1.165) is 16.6 Å². The van der Waals surface area contributed by atoms with Crippen molar-refractivity contribution >= 4 is 43.5 Å². The van der Waals surface area contributed by atoms with Gasteiger partial charge >= 0.3 is 0 Å². The summed E-state index contributed by atoms with van der Waals surface area (Å²) < 4.78 is 33.5. The van der Waals surface area contributed by atoms with E-state index in [9.17, 15) is 13.6 Å². The summed E-state index contributed by atoms with van der Waals surface area (Å²) in [6, 6.07) is 6.84. The molecule has 0 heterocycles. The zero-order valence-corrected chi connectivity index (χ0v) is 13.9. The molecule has 0 radical (unpaired) electrons. The van der Waals surface area contributed by atoms with Gasteiger partial charge in [0.15, 0.2) is 11.6 Å². The molecule has 0 unspecified atom stereocenters. The number of nitrogens with one attached hydrogen (secondary N) is 1. The molecule has 2 rings (SSSR count). The van der Waals surface area contributed by atoms with Crippen LogP contribution < -0.4 is 10.1 Å². The van der Waals surface area contributed by atoms with E-state index < -0.39 is 23.2 Å². The van der Waals surface area contributed by atoms with Crippen molar-refractivity contribution in [1.29, 1.82) is 0 Å². The van der Waals surface area contributed by atoms with Gasteiger partial charge in [-0.15, -0.1) is 0 Å². The predicted molar refractivity (Wildman–Crippen MR) is 82.7 cm³/mol. The molecule has 0 saturated carbocycles. The highest BCUT2D eigenvalue weighted by Gasteiger charge is 2.17. The van der Waals surface area contributed by atoms with Crippen molar-refractivity contribution in [2.75, 3.05) is 12.4 Å². The second kappa shape index (κ2) is 6.53. The maximum Gasteiger partial charge on any atom is 0.259 e. The summed E-state index contributed by atoms with van der Waals surface area (Å²) in [5.41, 5.74) is -0.337. The van der Waals surface area contributed by atoms with Crippen LogP contribution in [0.1, 0.15) is 10.4 Å². The van der Waals surface area contributed by atoms with Crippen LogP contribution in [0.15, 0.2) is 39.3 Å². The summed E-state index contributed by atoms with van der Waals surface area (Å²) in [5.74, 6) is -2.11. The number of hydrogen-bond donors (Lipinski definition) is 1. The Morgan fingerprint density at radius 1 is 1.10 bits per heavy atom. The Kier molecular flexibility index (Phi) is 4.95. The highest BCUT2D eigenvalue weighted by atomic mass is 79.9. The lowest BCUT2D eigenvalue weighted by molar-refractivity contribution is 0.102. The molecular weight excluding hydrogens is 412 g/mol. The number of ether oxygens (including phenoxy) is 1. The van der Waals surface area contributed by atoms with Gasteiger partial charge in [-0.05, 0) is 30.3 Å². The summed E-state index contributed by atoms with van der Waals surface area (Å²) in [4.78, 5) is 12.1. The van der Waals surface area contributed by atoms with Crippen molar-refractivity contribution in [2.45, 2.75) is 0 Å². The predicted octanol–water partition coefficient (Wildman–Crippen LogP) is 4.75. The maximum absolute atomic E-state index is 13.7. The number of methoxy groups -OCH3 is 1. The summed E-state index contributed by atoms with van der Waals surface area (Å²) in [6.07, 6.45) is 0. The SMILES string of the molecule is COc1cc(Br)ccc1C(=O)Nc1c(F)cc(Br)cc1F. The van der Waals surface area contributed by atoms with Gasteiger partial charge in [-0.3, -0.25) is 4.79 Å². The Morgan fingerprint density at radius 3 is 2.29 bits per heavy atom. The second-order valence-corrected chi connectivity index (χ2v) is 5.87. The molecule has 110 valence electrons. The van der Waals surface area contributed by atoms with Crippen molar-refractivity contribution in [3.05, 3.63) is 56.5 Å². The van der Waals surface area contributed by atoms with Gasteiger partial charge in [0.25, 0.3) is 5.91 Å². The molecule has 21 heavy (non-hydrogen) atoms. The molecule has 2 aromatic carbocycles. The minimum Gasteiger partial charge on any atom is -0.496 e. The van der Waals surface area contributed by atoms with Crippen LogP contribution in [0.5, 0.6) is 5.75 Å². The molecule has 0 aliphatic heterocycles. The average Bonchev–Trinajstić information content (AvgIpc) is 2.42. The van der Waals surface area contributed by atoms with E-state index in [1.54, 1.807) is 12.1 Å². The summed E-state index contributed by atoms with van der Waals surface area (Å²) in [7, 11) is 1.40. The van der Waals surface area contributed by atoms with Gasteiger partial charge in [-0.2, -0.15) is 0 Å². The van der Waals surface area contributed by atoms with Crippen molar-refractivity contribution in [1.82, 2.24) is 0 Å². The Hall–Kier alpha value is -1.47. The van der Waals surface area contributed by atoms with Crippen molar-refractivity contribution in [3.8, 4) is 5.75 Å². The zero-order chi connectivity index (χ0) is 15.6. The summed E-state index contributed by atoms with van der Waals surface area (Å²) >= 11 is 6.22. The minimum atomic E-state index is -0.869.